The Morgan fingerprint density at radius 2 is 1.48 bits per heavy atom. The number of carbonyl (C=O) groups excluding carboxylic acids is 1. The van der Waals surface area contributed by atoms with Crippen LogP contribution >= 0.6 is 23.5 Å². The molecule has 0 radical (unpaired) electrons. The second kappa shape index (κ2) is 8.15. The predicted octanol–water partition coefficient (Wildman–Crippen LogP) is 5.16. The average molecular weight is 317 g/mol. The molecule has 0 saturated carbocycles. The van der Waals surface area contributed by atoms with Gasteiger partial charge in [0, 0.05) is 9.79 Å². The Labute approximate surface area is 134 Å². The topological polar surface area (TPSA) is 29.1 Å². The van der Waals surface area contributed by atoms with Crippen molar-refractivity contribution >= 4 is 35.1 Å². The first-order valence-corrected chi connectivity index (χ1v) is 8.98. The highest BCUT2D eigenvalue weighted by Crippen LogP contribution is 2.28. The molecule has 0 aliphatic rings. The van der Waals surface area contributed by atoms with Crippen molar-refractivity contribution in [1.82, 2.24) is 0 Å². The van der Waals surface area contributed by atoms with E-state index in [9.17, 15) is 4.79 Å². The summed E-state index contributed by atoms with van der Waals surface area (Å²) in [6.45, 7) is 4.20. The molecule has 0 spiro atoms. The molecule has 0 heterocycles. The molecule has 0 atom stereocenters. The van der Waals surface area contributed by atoms with E-state index in [-0.39, 0.29) is 5.91 Å². The number of para-hydroxylation sites is 1. The van der Waals surface area contributed by atoms with Crippen molar-refractivity contribution in [2.45, 2.75) is 23.6 Å². The van der Waals surface area contributed by atoms with Gasteiger partial charge in [0.25, 0.3) is 5.91 Å². The van der Waals surface area contributed by atoms with E-state index in [4.69, 9.17) is 0 Å². The van der Waals surface area contributed by atoms with Gasteiger partial charge in [-0.25, -0.2) is 0 Å². The molecule has 110 valence electrons. The second-order valence-corrected chi connectivity index (χ2v) is 6.92. The van der Waals surface area contributed by atoms with Crippen LogP contribution in [0.15, 0.2) is 58.3 Å². The van der Waals surface area contributed by atoms with Crippen molar-refractivity contribution in [1.29, 1.82) is 0 Å². The smallest absolute Gasteiger partial charge is 0.256 e. The Morgan fingerprint density at radius 1 is 0.905 bits per heavy atom. The standard InChI is InChI=1S/C17H19NOS2/c1-3-20-15-11-7-5-9-13(15)17(19)18-14-10-6-8-12-16(14)21-4-2/h5-12H,3-4H2,1-2H3,(H,18,19). The Morgan fingerprint density at radius 3 is 2.19 bits per heavy atom. The lowest BCUT2D eigenvalue weighted by Gasteiger charge is -2.12. The van der Waals surface area contributed by atoms with Gasteiger partial charge in [0.1, 0.15) is 0 Å². The maximum atomic E-state index is 12.5. The van der Waals surface area contributed by atoms with Crippen LogP contribution in [0.1, 0.15) is 24.2 Å². The third kappa shape index (κ3) is 4.29. The quantitative estimate of drug-likeness (QED) is 0.746. The van der Waals surface area contributed by atoms with Gasteiger partial charge >= 0.3 is 0 Å². The van der Waals surface area contributed by atoms with Gasteiger partial charge in [-0.05, 0) is 35.8 Å². The number of nitrogens with one attached hydrogen (secondary N) is 1. The van der Waals surface area contributed by atoms with Gasteiger partial charge in [0.15, 0.2) is 0 Å². The van der Waals surface area contributed by atoms with E-state index in [1.54, 1.807) is 23.5 Å². The summed E-state index contributed by atoms with van der Waals surface area (Å²) < 4.78 is 0. The van der Waals surface area contributed by atoms with E-state index in [2.05, 4.69) is 19.2 Å². The highest BCUT2D eigenvalue weighted by molar-refractivity contribution is 7.99. The Hall–Kier alpha value is -1.39. The normalized spacial score (nSPS) is 10.4. The van der Waals surface area contributed by atoms with Crippen LogP contribution in [0.5, 0.6) is 0 Å². The number of amides is 1. The molecule has 0 unspecified atom stereocenters. The number of rotatable bonds is 6. The van der Waals surface area contributed by atoms with E-state index in [0.717, 1.165) is 32.5 Å². The van der Waals surface area contributed by atoms with Crippen LogP contribution in [-0.2, 0) is 0 Å². The molecular formula is C17H19NOS2. The maximum absolute atomic E-state index is 12.5. The molecule has 1 amide bonds. The fourth-order valence-corrected chi connectivity index (χ4v) is 3.54. The lowest BCUT2D eigenvalue weighted by molar-refractivity contribution is 0.102. The SMILES string of the molecule is CCSc1ccccc1NC(=O)c1ccccc1SCC. The molecule has 0 fully saturated rings. The summed E-state index contributed by atoms with van der Waals surface area (Å²) in [5.74, 6) is 1.89. The molecule has 0 saturated heterocycles. The lowest BCUT2D eigenvalue weighted by atomic mass is 10.2. The zero-order valence-electron chi connectivity index (χ0n) is 12.3. The predicted molar refractivity (Wildman–Crippen MR) is 93.6 cm³/mol. The minimum Gasteiger partial charge on any atom is -0.321 e. The van der Waals surface area contributed by atoms with E-state index in [1.165, 1.54) is 0 Å². The van der Waals surface area contributed by atoms with Crippen molar-refractivity contribution < 1.29 is 4.79 Å². The highest BCUT2D eigenvalue weighted by atomic mass is 32.2. The van der Waals surface area contributed by atoms with E-state index in [0.29, 0.717) is 0 Å². The van der Waals surface area contributed by atoms with Gasteiger partial charge in [-0.2, -0.15) is 0 Å². The van der Waals surface area contributed by atoms with E-state index < -0.39 is 0 Å². The number of thioether (sulfide) groups is 2. The van der Waals surface area contributed by atoms with Gasteiger partial charge in [0.05, 0.1) is 11.3 Å². The van der Waals surface area contributed by atoms with Crippen molar-refractivity contribution in [2.24, 2.45) is 0 Å². The number of hydrogen-bond acceptors (Lipinski definition) is 3. The summed E-state index contributed by atoms with van der Waals surface area (Å²) in [5, 5.41) is 3.04. The van der Waals surface area contributed by atoms with Crippen LogP contribution in [0.2, 0.25) is 0 Å². The molecule has 0 aromatic heterocycles. The van der Waals surface area contributed by atoms with Crippen molar-refractivity contribution in [2.75, 3.05) is 16.8 Å². The zero-order chi connectivity index (χ0) is 15.1. The number of carbonyl (C=O) groups is 1. The fourth-order valence-electron chi connectivity index (χ4n) is 1.98. The summed E-state index contributed by atoms with van der Waals surface area (Å²) >= 11 is 3.42. The minimum atomic E-state index is -0.0456. The van der Waals surface area contributed by atoms with Gasteiger partial charge in [-0.1, -0.05) is 38.1 Å². The number of benzene rings is 2. The van der Waals surface area contributed by atoms with Gasteiger partial charge < -0.3 is 5.32 Å². The minimum absolute atomic E-state index is 0.0456. The highest BCUT2D eigenvalue weighted by Gasteiger charge is 2.12. The first-order valence-electron chi connectivity index (χ1n) is 7.01. The Balaban J connectivity index is 2.22. The first kappa shape index (κ1) is 16.0. The summed E-state index contributed by atoms with van der Waals surface area (Å²) in [5.41, 5.74) is 1.62. The summed E-state index contributed by atoms with van der Waals surface area (Å²) in [6, 6.07) is 15.7. The van der Waals surface area contributed by atoms with Crippen LogP contribution in [0.25, 0.3) is 0 Å². The largest absolute Gasteiger partial charge is 0.321 e. The molecule has 2 rings (SSSR count). The molecule has 0 aliphatic heterocycles. The molecule has 2 aromatic carbocycles. The lowest BCUT2D eigenvalue weighted by Crippen LogP contribution is -2.13. The third-order valence-corrected chi connectivity index (χ3v) is 4.78. The van der Waals surface area contributed by atoms with Crippen LogP contribution in [-0.4, -0.2) is 17.4 Å². The molecule has 2 nitrogen and oxygen atoms in total. The van der Waals surface area contributed by atoms with Gasteiger partial charge in [0.2, 0.25) is 0 Å². The van der Waals surface area contributed by atoms with Crippen molar-refractivity contribution in [3.8, 4) is 0 Å². The first-order chi connectivity index (χ1) is 10.3. The average Bonchev–Trinajstić information content (AvgIpc) is 2.50. The zero-order valence-corrected chi connectivity index (χ0v) is 13.9. The van der Waals surface area contributed by atoms with Gasteiger partial charge in [-0.15, -0.1) is 23.5 Å². The van der Waals surface area contributed by atoms with Gasteiger partial charge in [-0.3, -0.25) is 4.79 Å². The molecule has 21 heavy (non-hydrogen) atoms. The van der Waals surface area contributed by atoms with E-state index in [1.807, 2.05) is 48.5 Å². The number of anilines is 1. The summed E-state index contributed by atoms with van der Waals surface area (Å²) in [7, 11) is 0. The summed E-state index contributed by atoms with van der Waals surface area (Å²) in [4.78, 5) is 14.7. The van der Waals surface area contributed by atoms with Crippen molar-refractivity contribution in [3.05, 3.63) is 54.1 Å². The van der Waals surface area contributed by atoms with Crippen molar-refractivity contribution in [3.63, 3.8) is 0 Å². The van der Waals surface area contributed by atoms with Crippen LogP contribution in [0, 0.1) is 0 Å². The molecule has 4 heteroatoms. The number of hydrogen-bond donors (Lipinski definition) is 1. The third-order valence-electron chi connectivity index (χ3n) is 2.87. The molecule has 0 aliphatic carbocycles. The van der Waals surface area contributed by atoms with Crippen LogP contribution in [0.3, 0.4) is 0 Å². The van der Waals surface area contributed by atoms with E-state index >= 15 is 0 Å². The fraction of sp³-hybridized carbons (Fsp3) is 0.235. The molecular weight excluding hydrogens is 298 g/mol. The van der Waals surface area contributed by atoms with Crippen LogP contribution in [0.4, 0.5) is 5.69 Å². The molecule has 2 aromatic rings. The summed E-state index contributed by atoms with van der Waals surface area (Å²) in [6.07, 6.45) is 0. The maximum Gasteiger partial charge on any atom is 0.256 e. The molecule has 1 N–H and O–H groups in total. The second-order valence-electron chi connectivity index (χ2n) is 4.31. The Bertz CT molecular complexity index is 613. The monoisotopic (exact) mass is 317 g/mol. The molecule has 0 bridgehead atoms. The Kier molecular flexibility index (Phi) is 6.21. The van der Waals surface area contributed by atoms with Crippen LogP contribution < -0.4 is 5.32 Å².